The Bertz CT molecular complexity index is 364. The van der Waals surface area contributed by atoms with Gasteiger partial charge in [-0.3, -0.25) is 4.90 Å². The molecule has 0 spiro atoms. The highest BCUT2D eigenvalue weighted by atomic mass is 32.1. The average molecular weight is 267 g/mol. The third kappa shape index (κ3) is 3.53. The van der Waals surface area contributed by atoms with Crippen molar-refractivity contribution in [2.24, 2.45) is 5.92 Å². The second kappa shape index (κ2) is 6.64. The first-order valence-electron chi connectivity index (χ1n) is 7.07. The lowest BCUT2D eigenvalue weighted by atomic mass is 10.1. The van der Waals surface area contributed by atoms with Gasteiger partial charge in [0.15, 0.2) is 0 Å². The Morgan fingerprint density at radius 3 is 3.11 bits per heavy atom. The molecule has 1 saturated heterocycles. The van der Waals surface area contributed by atoms with Crippen molar-refractivity contribution in [3.05, 3.63) is 16.1 Å². The first kappa shape index (κ1) is 14.0. The van der Waals surface area contributed by atoms with Gasteiger partial charge in [-0.15, -0.1) is 11.3 Å². The van der Waals surface area contributed by atoms with Crippen molar-refractivity contribution in [2.75, 3.05) is 26.2 Å². The molecule has 3 nitrogen and oxygen atoms in total. The molecule has 1 aromatic heterocycles. The molecule has 2 heterocycles. The number of hydrogen-bond donors (Lipinski definition) is 1. The molecule has 4 heteroatoms. The van der Waals surface area contributed by atoms with Crippen LogP contribution in [0.15, 0.2) is 6.20 Å². The Labute approximate surface area is 115 Å². The largest absolute Gasteiger partial charge is 0.316 e. The van der Waals surface area contributed by atoms with Crippen molar-refractivity contribution in [3.8, 4) is 0 Å². The van der Waals surface area contributed by atoms with Crippen LogP contribution in [0, 0.1) is 12.8 Å². The van der Waals surface area contributed by atoms with Crippen molar-refractivity contribution < 1.29 is 0 Å². The van der Waals surface area contributed by atoms with E-state index < -0.39 is 0 Å². The molecule has 0 saturated carbocycles. The minimum Gasteiger partial charge on any atom is -0.316 e. The van der Waals surface area contributed by atoms with Crippen LogP contribution in [0.2, 0.25) is 0 Å². The molecule has 0 aliphatic carbocycles. The summed E-state index contributed by atoms with van der Waals surface area (Å²) in [6.07, 6.45) is 4.55. The monoisotopic (exact) mass is 267 g/mol. The molecule has 0 radical (unpaired) electrons. The fraction of sp³-hybridized carbons (Fsp3) is 0.786. The lowest BCUT2D eigenvalue weighted by molar-refractivity contribution is 0.251. The van der Waals surface area contributed by atoms with Crippen LogP contribution in [-0.2, 0) is 0 Å². The maximum absolute atomic E-state index is 4.52. The lowest BCUT2D eigenvalue weighted by Gasteiger charge is -2.22. The highest BCUT2D eigenvalue weighted by Crippen LogP contribution is 2.29. The van der Waals surface area contributed by atoms with Crippen molar-refractivity contribution >= 4 is 11.3 Å². The minimum atomic E-state index is 0.486. The molecule has 2 atom stereocenters. The van der Waals surface area contributed by atoms with E-state index in [-0.39, 0.29) is 0 Å². The number of thiazole rings is 1. The van der Waals surface area contributed by atoms with E-state index in [1.54, 1.807) is 0 Å². The van der Waals surface area contributed by atoms with Crippen LogP contribution in [-0.4, -0.2) is 36.1 Å². The molecule has 102 valence electrons. The number of aromatic nitrogens is 1. The number of nitrogens with zero attached hydrogens (tertiary/aromatic N) is 2. The summed E-state index contributed by atoms with van der Waals surface area (Å²) in [5.74, 6) is 0.819. The number of nitrogens with one attached hydrogen (secondary N) is 1. The van der Waals surface area contributed by atoms with Crippen molar-refractivity contribution in [3.63, 3.8) is 0 Å². The third-order valence-electron chi connectivity index (χ3n) is 3.72. The zero-order valence-electron chi connectivity index (χ0n) is 11.8. The number of hydrogen-bond acceptors (Lipinski definition) is 4. The first-order valence-corrected chi connectivity index (χ1v) is 7.89. The van der Waals surface area contributed by atoms with Crippen LogP contribution in [0.1, 0.15) is 42.6 Å². The summed E-state index contributed by atoms with van der Waals surface area (Å²) in [6, 6.07) is 0.486. The maximum Gasteiger partial charge on any atom is 0.110 e. The summed E-state index contributed by atoms with van der Waals surface area (Å²) in [7, 11) is 0. The second-order valence-electron chi connectivity index (χ2n) is 5.34. The summed E-state index contributed by atoms with van der Waals surface area (Å²) < 4.78 is 0. The van der Waals surface area contributed by atoms with E-state index in [1.807, 2.05) is 17.5 Å². The van der Waals surface area contributed by atoms with Gasteiger partial charge in [-0.2, -0.15) is 0 Å². The van der Waals surface area contributed by atoms with Crippen LogP contribution in [0.3, 0.4) is 0 Å². The van der Waals surface area contributed by atoms with Crippen molar-refractivity contribution in [2.45, 2.75) is 39.7 Å². The minimum absolute atomic E-state index is 0.486. The Kier molecular flexibility index (Phi) is 5.15. The molecule has 1 fully saturated rings. The van der Waals surface area contributed by atoms with E-state index in [0.29, 0.717) is 6.04 Å². The summed E-state index contributed by atoms with van der Waals surface area (Å²) in [6.45, 7) is 11.4. The SMILES string of the molecule is CCCNCC1CCN(C(C)c2ncc(C)s2)C1. The highest BCUT2D eigenvalue weighted by molar-refractivity contribution is 7.11. The standard InChI is InChI=1S/C14H25N3S/c1-4-6-15-9-13-5-7-17(10-13)12(3)14-16-8-11(2)18-14/h8,12-13,15H,4-7,9-10H2,1-3H3. The van der Waals surface area contributed by atoms with Gasteiger partial charge in [0.25, 0.3) is 0 Å². The molecule has 1 aliphatic rings. The normalized spacial score (nSPS) is 22.5. The van der Waals surface area contributed by atoms with Crippen LogP contribution in [0.5, 0.6) is 0 Å². The predicted molar refractivity (Wildman–Crippen MR) is 78.1 cm³/mol. The molecular formula is C14H25N3S. The molecule has 0 amide bonds. The average Bonchev–Trinajstić information content (AvgIpc) is 2.98. The molecule has 2 unspecified atom stereocenters. The fourth-order valence-electron chi connectivity index (χ4n) is 2.59. The molecule has 2 rings (SSSR count). The van der Waals surface area contributed by atoms with Crippen LogP contribution in [0.25, 0.3) is 0 Å². The van der Waals surface area contributed by atoms with Gasteiger partial charge in [0.1, 0.15) is 5.01 Å². The molecule has 1 aromatic rings. The molecule has 1 N–H and O–H groups in total. The topological polar surface area (TPSA) is 28.2 Å². The Morgan fingerprint density at radius 2 is 2.44 bits per heavy atom. The van der Waals surface area contributed by atoms with E-state index in [9.17, 15) is 0 Å². The third-order valence-corrected chi connectivity index (χ3v) is 4.80. The summed E-state index contributed by atoms with van der Waals surface area (Å²) in [4.78, 5) is 8.42. The molecule has 0 bridgehead atoms. The lowest BCUT2D eigenvalue weighted by Crippen LogP contribution is -2.28. The van der Waals surface area contributed by atoms with Gasteiger partial charge in [0.2, 0.25) is 0 Å². The number of aryl methyl sites for hydroxylation is 1. The van der Waals surface area contributed by atoms with Crippen molar-refractivity contribution in [1.82, 2.24) is 15.2 Å². The van der Waals surface area contributed by atoms with E-state index in [1.165, 1.54) is 42.4 Å². The Balaban J connectivity index is 1.81. The van der Waals surface area contributed by atoms with Crippen LogP contribution >= 0.6 is 11.3 Å². The van der Waals surface area contributed by atoms with Gasteiger partial charge in [0, 0.05) is 17.6 Å². The van der Waals surface area contributed by atoms with Gasteiger partial charge >= 0.3 is 0 Å². The predicted octanol–water partition coefficient (Wildman–Crippen LogP) is 2.83. The maximum atomic E-state index is 4.52. The summed E-state index contributed by atoms with van der Waals surface area (Å²) >= 11 is 1.84. The van der Waals surface area contributed by atoms with Crippen LogP contribution < -0.4 is 5.32 Å². The number of likely N-dealkylation sites (tertiary alicyclic amines) is 1. The van der Waals surface area contributed by atoms with Crippen molar-refractivity contribution in [1.29, 1.82) is 0 Å². The van der Waals surface area contributed by atoms with E-state index in [0.717, 1.165) is 12.5 Å². The number of rotatable bonds is 6. The van der Waals surface area contributed by atoms with E-state index >= 15 is 0 Å². The highest BCUT2D eigenvalue weighted by Gasteiger charge is 2.27. The molecule has 1 aliphatic heterocycles. The second-order valence-corrected chi connectivity index (χ2v) is 6.61. The Morgan fingerprint density at radius 1 is 1.61 bits per heavy atom. The van der Waals surface area contributed by atoms with Crippen LogP contribution in [0.4, 0.5) is 0 Å². The molecule has 18 heavy (non-hydrogen) atoms. The molecular weight excluding hydrogens is 242 g/mol. The fourth-order valence-corrected chi connectivity index (χ4v) is 3.45. The van der Waals surface area contributed by atoms with Gasteiger partial charge < -0.3 is 5.32 Å². The van der Waals surface area contributed by atoms with Gasteiger partial charge in [-0.05, 0) is 52.2 Å². The molecule has 0 aromatic carbocycles. The Hall–Kier alpha value is -0.450. The first-order chi connectivity index (χ1) is 8.70. The van der Waals surface area contributed by atoms with E-state index in [4.69, 9.17) is 0 Å². The smallest absolute Gasteiger partial charge is 0.110 e. The summed E-state index contributed by atoms with van der Waals surface area (Å²) in [5, 5.41) is 4.81. The quantitative estimate of drug-likeness (QED) is 0.803. The van der Waals surface area contributed by atoms with Gasteiger partial charge in [0.05, 0.1) is 6.04 Å². The van der Waals surface area contributed by atoms with Gasteiger partial charge in [-0.25, -0.2) is 4.98 Å². The van der Waals surface area contributed by atoms with Gasteiger partial charge in [-0.1, -0.05) is 6.92 Å². The van der Waals surface area contributed by atoms with E-state index in [2.05, 4.69) is 36.0 Å². The zero-order chi connectivity index (χ0) is 13.0. The summed E-state index contributed by atoms with van der Waals surface area (Å²) in [5.41, 5.74) is 0. The zero-order valence-corrected chi connectivity index (χ0v) is 12.6.